The third kappa shape index (κ3) is 2.42. The van der Waals surface area contributed by atoms with Crippen molar-refractivity contribution in [3.63, 3.8) is 0 Å². The Kier molecular flexibility index (Phi) is 3.75. The molecule has 0 spiro atoms. The molecule has 1 aromatic carbocycles. The van der Waals surface area contributed by atoms with Crippen LogP contribution >= 0.6 is 0 Å². The standard InChI is InChI=1S/C14H22N4/c1-3-8-18(14(15)16)10-12-9-11-6-4-5-7-13(11)17(12)2/h4-7,12H,3,8-10H2,1-2H3,(H3,15,16). The Bertz CT molecular complexity index is 430. The molecule has 0 saturated heterocycles. The monoisotopic (exact) mass is 246 g/mol. The Balaban J connectivity index is 2.06. The molecule has 1 heterocycles. The third-order valence-electron chi connectivity index (χ3n) is 3.64. The summed E-state index contributed by atoms with van der Waals surface area (Å²) in [7, 11) is 2.13. The van der Waals surface area contributed by atoms with Gasteiger partial charge in [-0.05, 0) is 24.5 Å². The first-order valence-electron chi connectivity index (χ1n) is 6.53. The van der Waals surface area contributed by atoms with Gasteiger partial charge in [0.05, 0.1) is 6.04 Å². The molecule has 2 rings (SSSR count). The molecule has 1 aromatic rings. The highest BCUT2D eigenvalue weighted by atomic mass is 15.3. The number of rotatable bonds is 4. The van der Waals surface area contributed by atoms with Gasteiger partial charge in [0.15, 0.2) is 5.96 Å². The summed E-state index contributed by atoms with van der Waals surface area (Å²) >= 11 is 0. The highest BCUT2D eigenvalue weighted by Gasteiger charge is 2.27. The minimum atomic E-state index is 0.182. The van der Waals surface area contributed by atoms with Crippen molar-refractivity contribution in [2.75, 3.05) is 25.0 Å². The number of fused-ring (bicyclic) bond motifs is 1. The van der Waals surface area contributed by atoms with E-state index in [1.165, 1.54) is 11.3 Å². The largest absolute Gasteiger partial charge is 0.370 e. The van der Waals surface area contributed by atoms with Crippen LogP contribution in [0, 0.1) is 5.41 Å². The van der Waals surface area contributed by atoms with E-state index in [1.54, 1.807) is 0 Å². The summed E-state index contributed by atoms with van der Waals surface area (Å²) < 4.78 is 0. The molecule has 1 unspecified atom stereocenters. The van der Waals surface area contributed by atoms with Crippen molar-refractivity contribution in [2.45, 2.75) is 25.8 Å². The number of guanidine groups is 1. The fourth-order valence-corrected chi connectivity index (χ4v) is 2.64. The summed E-state index contributed by atoms with van der Waals surface area (Å²) in [6, 6.07) is 8.92. The molecule has 0 aliphatic carbocycles. The normalized spacial score (nSPS) is 17.7. The highest BCUT2D eigenvalue weighted by molar-refractivity contribution is 5.74. The second-order valence-electron chi connectivity index (χ2n) is 4.93. The predicted molar refractivity (Wildman–Crippen MR) is 76.1 cm³/mol. The molecule has 0 amide bonds. The van der Waals surface area contributed by atoms with Gasteiger partial charge in [0.2, 0.25) is 0 Å². The van der Waals surface area contributed by atoms with Crippen LogP contribution in [0.15, 0.2) is 24.3 Å². The maximum atomic E-state index is 7.63. The number of para-hydroxylation sites is 1. The molecule has 1 aliphatic rings. The molecule has 4 nitrogen and oxygen atoms in total. The topological polar surface area (TPSA) is 56.4 Å². The quantitative estimate of drug-likeness (QED) is 0.627. The molecule has 18 heavy (non-hydrogen) atoms. The van der Waals surface area contributed by atoms with E-state index in [-0.39, 0.29) is 5.96 Å². The molecule has 0 radical (unpaired) electrons. The van der Waals surface area contributed by atoms with Crippen molar-refractivity contribution < 1.29 is 0 Å². The van der Waals surface area contributed by atoms with Crippen LogP contribution in [0.25, 0.3) is 0 Å². The number of hydrogen-bond acceptors (Lipinski definition) is 2. The van der Waals surface area contributed by atoms with Gasteiger partial charge in [-0.2, -0.15) is 0 Å². The van der Waals surface area contributed by atoms with Crippen molar-refractivity contribution in [1.82, 2.24) is 4.90 Å². The van der Waals surface area contributed by atoms with Gasteiger partial charge >= 0.3 is 0 Å². The van der Waals surface area contributed by atoms with Crippen LogP contribution in [0.3, 0.4) is 0 Å². The van der Waals surface area contributed by atoms with Crippen LogP contribution < -0.4 is 10.6 Å². The summed E-state index contributed by atoms with van der Waals surface area (Å²) in [6.07, 6.45) is 2.06. The third-order valence-corrected chi connectivity index (χ3v) is 3.64. The molecule has 0 bridgehead atoms. The first-order valence-corrected chi connectivity index (χ1v) is 6.53. The zero-order valence-electron chi connectivity index (χ0n) is 11.2. The first kappa shape index (κ1) is 12.7. The Morgan fingerprint density at radius 3 is 2.83 bits per heavy atom. The number of nitrogens with one attached hydrogen (secondary N) is 1. The van der Waals surface area contributed by atoms with E-state index < -0.39 is 0 Å². The fourth-order valence-electron chi connectivity index (χ4n) is 2.64. The zero-order chi connectivity index (χ0) is 13.1. The molecule has 4 heteroatoms. The minimum Gasteiger partial charge on any atom is -0.370 e. The van der Waals surface area contributed by atoms with Gasteiger partial charge in [0.25, 0.3) is 0 Å². The number of hydrogen-bond donors (Lipinski definition) is 2. The van der Waals surface area contributed by atoms with Gasteiger partial charge in [-0.15, -0.1) is 0 Å². The van der Waals surface area contributed by atoms with Gasteiger partial charge in [0, 0.05) is 25.8 Å². The van der Waals surface area contributed by atoms with Crippen LogP contribution in [-0.2, 0) is 6.42 Å². The van der Waals surface area contributed by atoms with E-state index in [4.69, 9.17) is 11.1 Å². The summed E-state index contributed by atoms with van der Waals surface area (Å²) in [4.78, 5) is 4.27. The fraction of sp³-hybridized carbons (Fsp3) is 0.500. The van der Waals surface area contributed by atoms with Crippen LogP contribution in [0.5, 0.6) is 0 Å². The average Bonchev–Trinajstić information content (AvgIpc) is 2.66. The Morgan fingerprint density at radius 1 is 1.50 bits per heavy atom. The lowest BCUT2D eigenvalue weighted by Crippen LogP contribution is -2.46. The van der Waals surface area contributed by atoms with Gasteiger partial charge in [-0.25, -0.2) is 0 Å². The van der Waals surface area contributed by atoms with Crippen LogP contribution in [0.1, 0.15) is 18.9 Å². The number of likely N-dealkylation sites (N-methyl/N-ethyl adjacent to an activating group) is 1. The van der Waals surface area contributed by atoms with Gasteiger partial charge < -0.3 is 15.5 Å². The van der Waals surface area contributed by atoms with Gasteiger partial charge in [-0.3, -0.25) is 5.41 Å². The minimum absolute atomic E-state index is 0.182. The molecule has 0 fully saturated rings. The summed E-state index contributed by atoms with van der Waals surface area (Å²) in [5.74, 6) is 0.182. The molecule has 0 aromatic heterocycles. The Hall–Kier alpha value is -1.71. The summed E-state index contributed by atoms with van der Waals surface area (Å²) in [5, 5.41) is 7.63. The number of anilines is 1. The lowest BCUT2D eigenvalue weighted by atomic mass is 10.1. The van der Waals surface area contributed by atoms with Crippen molar-refractivity contribution in [2.24, 2.45) is 5.73 Å². The van der Waals surface area contributed by atoms with Crippen molar-refractivity contribution >= 4 is 11.6 Å². The second kappa shape index (κ2) is 5.29. The lowest BCUT2D eigenvalue weighted by molar-refractivity contribution is 0.376. The van der Waals surface area contributed by atoms with E-state index in [0.717, 1.165) is 25.9 Å². The average molecular weight is 246 g/mol. The molecular weight excluding hydrogens is 224 g/mol. The maximum Gasteiger partial charge on any atom is 0.188 e. The van der Waals surface area contributed by atoms with E-state index >= 15 is 0 Å². The summed E-state index contributed by atoms with van der Waals surface area (Å²) in [5.41, 5.74) is 8.34. The molecule has 3 N–H and O–H groups in total. The maximum absolute atomic E-state index is 7.63. The van der Waals surface area contributed by atoms with E-state index in [9.17, 15) is 0 Å². The van der Waals surface area contributed by atoms with E-state index in [2.05, 4.69) is 43.1 Å². The van der Waals surface area contributed by atoms with E-state index in [1.807, 2.05) is 4.90 Å². The Morgan fingerprint density at radius 2 is 2.22 bits per heavy atom. The zero-order valence-corrected chi connectivity index (χ0v) is 11.2. The van der Waals surface area contributed by atoms with Crippen molar-refractivity contribution in [3.05, 3.63) is 29.8 Å². The van der Waals surface area contributed by atoms with Crippen molar-refractivity contribution in [3.8, 4) is 0 Å². The SMILES string of the molecule is CCCN(CC1Cc2ccccc2N1C)C(=N)N. The Labute approximate surface area is 109 Å². The molecule has 98 valence electrons. The smallest absolute Gasteiger partial charge is 0.188 e. The van der Waals surface area contributed by atoms with Crippen LogP contribution in [0.2, 0.25) is 0 Å². The first-order chi connectivity index (χ1) is 8.63. The predicted octanol–water partition coefficient (Wildman–Crippen LogP) is 1.65. The molecule has 1 atom stereocenters. The highest BCUT2D eigenvalue weighted by Crippen LogP contribution is 2.30. The van der Waals surface area contributed by atoms with Crippen molar-refractivity contribution in [1.29, 1.82) is 5.41 Å². The molecule has 0 saturated carbocycles. The molecule has 1 aliphatic heterocycles. The van der Waals surface area contributed by atoms with Crippen LogP contribution in [-0.4, -0.2) is 37.0 Å². The molecular formula is C14H22N4. The lowest BCUT2D eigenvalue weighted by Gasteiger charge is -2.30. The number of nitrogens with zero attached hydrogens (tertiary/aromatic N) is 2. The number of benzene rings is 1. The summed E-state index contributed by atoms with van der Waals surface area (Å²) in [6.45, 7) is 3.80. The van der Waals surface area contributed by atoms with Gasteiger partial charge in [-0.1, -0.05) is 25.1 Å². The van der Waals surface area contributed by atoms with Crippen LogP contribution in [0.4, 0.5) is 5.69 Å². The van der Waals surface area contributed by atoms with Gasteiger partial charge in [0.1, 0.15) is 0 Å². The number of nitrogens with two attached hydrogens (primary N) is 1. The second-order valence-corrected chi connectivity index (χ2v) is 4.93. The van der Waals surface area contributed by atoms with E-state index in [0.29, 0.717) is 6.04 Å².